The van der Waals surface area contributed by atoms with E-state index in [9.17, 15) is 9.59 Å². The first-order chi connectivity index (χ1) is 11.1. The van der Waals surface area contributed by atoms with Gasteiger partial charge in [0, 0.05) is 5.02 Å². The van der Waals surface area contributed by atoms with E-state index in [1.165, 1.54) is 0 Å². The Labute approximate surface area is 136 Å². The molecule has 0 atom stereocenters. The van der Waals surface area contributed by atoms with Gasteiger partial charge in [-0.05, 0) is 23.3 Å². The highest BCUT2D eigenvalue weighted by Gasteiger charge is 2.43. The van der Waals surface area contributed by atoms with Crippen molar-refractivity contribution in [1.82, 2.24) is 0 Å². The monoisotopic (exact) mass is 324 g/mol. The van der Waals surface area contributed by atoms with Crippen LogP contribution in [0.1, 0.15) is 11.1 Å². The van der Waals surface area contributed by atoms with Crippen LogP contribution in [0.5, 0.6) is 0 Å². The van der Waals surface area contributed by atoms with Crippen molar-refractivity contribution in [2.75, 3.05) is 0 Å². The van der Waals surface area contributed by atoms with Crippen LogP contribution in [0.4, 0.5) is 0 Å². The average molecular weight is 325 g/mol. The predicted octanol–water partition coefficient (Wildman–Crippen LogP) is 3.58. The molecule has 23 heavy (non-hydrogen) atoms. The van der Waals surface area contributed by atoms with Crippen molar-refractivity contribution in [2.45, 2.75) is 0 Å². The molecule has 2 aliphatic heterocycles. The fourth-order valence-corrected chi connectivity index (χ4v) is 2.74. The van der Waals surface area contributed by atoms with Gasteiger partial charge >= 0.3 is 11.9 Å². The zero-order valence-electron chi connectivity index (χ0n) is 11.7. The van der Waals surface area contributed by atoms with Crippen LogP contribution in [-0.2, 0) is 19.1 Å². The number of hydrogen-bond acceptors (Lipinski definition) is 4. The number of esters is 2. The van der Waals surface area contributed by atoms with Crippen LogP contribution in [-0.4, -0.2) is 11.9 Å². The van der Waals surface area contributed by atoms with Crippen molar-refractivity contribution in [1.29, 1.82) is 0 Å². The largest absolute Gasteiger partial charge is 0.418 e. The quantitative estimate of drug-likeness (QED) is 0.792. The van der Waals surface area contributed by atoms with E-state index in [0.717, 1.165) is 0 Å². The molecule has 0 N–H and O–H groups in total. The topological polar surface area (TPSA) is 52.6 Å². The first-order valence-corrected chi connectivity index (χ1v) is 7.27. The maximum atomic E-state index is 12.2. The van der Waals surface area contributed by atoms with E-state index < -0.39 is 11.9 Å². The molecule has 0 bridgehead atoms. The molecule has 4 nitrogen and oxygen atoms in total. The Morgan fingerprint density at radius 1 is 0.652 bits per heavy atom. The van der Waals surface area contributed by atoms with Gasteiger partial charge < -0.3 is 9.47 Å². The molecule has 0 radical (unpaired) electrons. The molecular formula is C18H9ClO4. The lowest BCUT2D eigenvalue weighted by molar-refractivity contribution is -0.131. The standard InChI is InChI=1S/C18H9ClO4/c19-12-8-6-11(7-9-12)14-16-15(22-18(14)21)13(17(20)23-16)10-4-2-1-3-5-10/h1-9H. The number of benzene rings is 2. The predicted molar refractivity (Wildman–Crippen MR) is 83.9 cm³/mol. The average Bonchev–Trinajstić information content (AvgIpc) is 3.02. The lowest BCUT2D eigenvalue weighted by atomic mass is 10.0. The van der Waals surface area contributed by atoms with Crippen LogP contribution in [0, 0.1) is 0 Å². The van der Waals surface area contributed by atoms with Crippen molar-refractivity contribution in [3.05, 3.63) is 82.3 Å². The molecule has 112 valence electrons. The molecule has 0 unspecified atom stereocenters. The summed E-state index contributed by atoms with van der Waals surface area (Å²) in [4.78, 5) is 24.4. The van der Waals surface area contributed by atoms with Gasteiger partial charge in [-0.2, -0.15) is 0 Å². The Bertz CT molecular complexity index is 892. The Morgan fingerprint density at radius 2 is 1.13 bits per heavy atom. The molecular weight excluding hydrogens is 316 g/mol. The van der Waals surface area contributed by atoms with Crippen LogP contribution in [0.2, 0.25) is 5.02 Å². The summed E-state index contributed by atoms with van der Waals surface area (Å²) >= 11 is 5.87. The number of carbonyl (C=O) groups excluding carboxylic acids is 2. The molecule has 2 heterocycles. The van der Waals surface area contributed by atoms with Crippen molar-refractivity contribution in [3.8, 4) is 0 Å². The van der Waals surface area contributed by atoms with Gasteiger partial charge in [0.1, 0.15) is 11.1 Å². The number of carbonyl (C=O) groups is 2. The zero-order chi connectivity index (χ0) is 16.0. The normalized spacial score (nSPS) is 16.6. The molecule has 2 aromatic rings. The minimum absolute atomic E-state index is 0.168. The second-order valence-electron chi connectivity index (χ2n) is 5.06. The van der Waals surface area contributed by atoms with Crippen LogP contribution < -0.4 is 0 Å². The van der Waals surface area contributed by atoms with Gasteiger partial charge in [-0.3, -0.25) is 0 Å². The van der Waals surface area contributed by atoms with Crippen LogP contribution in [0.15, 0.2) is 66.1 Å². The van der Waals surface area contributed by atoms with Gasteiger partial charge in [0.2, 0.25) is 0 Å². The number of rotatable bonds is 2. The Hall–Kier alpha value is -2.85. The molecule has 0 saturated heterocycles. The van der Waals surface area contributed by atoms with Crippen molar-refractivity contribution < 1.29 is 19.1 Å². The fourth-order valence-electron chi connectivity index (χ4n) is 2.61. The fraction of sp³-hybridized carbons (Fsp3) is 0. The molecule has 0 fully saturated rings. The van der Waals surface area contributed by atoms with Gasteiger partial charge in [0.05, 0.1) is 0 Å². The second kappa shape index (κ2) is 5.11. The number of ether oxygens (including phenoxy) is 2. The molecule has 0 amide bonds. The highest BCUT2D eigenvalue weighted by molar-refractivity contribution is 6.31. The summed E-state index contributed by atoms with van der Waals surface area (Å²) < 4.78 is 10.6. The summed E-state index contributed by atoms with van der Waals surface area (Å²) in [6.45, 7) is 0. The van der Waals surface area contributed by atoms with E-state index in [4.69, 9.17) is 21.1 Å². The Balaban J connectivity index is 1.90. The summed E-state index contributed by atoms with van der Waals surface area (Å²) in [5, 5.41) is 0.551. The molecule has 4 rings (SSSR count). The third-order valence-electron chi connectivity index (χ3n) is 3.65. The maximum Gasteiger partial charge on any atom is 0.348 e. The van der Waals surface area contributed by atoms with E-state index >= 15 is 0 Å². The Kier molecular flexibility index (Phi) is 3.06. The number of hydrogen-bond donors (Lipinski definition) is 0. The zero-order valence-corrected chi connectivity index (χ0v) is 12.5. The van der Waals surface area contributed by atoms with E-state index in [-0.39, 0.29) is 22.7 Å². The van der Waals surface area contributed by atoms with Crippen LogP contribution in [0.25, 0.3) is 11.1 Å². The minimum atomic E-state index is -0.543. The van der Waals surface area contributed by atoms with Crippen molar-refractivity contribution >= 4 is 34.7 Å². The van der Waals surface area contributed by atoms with E-state index in [1.807, 2.05) is 6.07 Å². The molecule has 0 aliphatic carbocycles. The van der Waals surface area contributed by atoms with E-state index in [0.29, 0.717) is 16.1 Å². The minimum Gasteiger partial charge on any atom is -0.418 e. The highest BCUT2D eigenvalue weighted by atomic mass is 35.5. The molecule has 0 spiro atoms. The van der Waals surface area contributed by atoms with Gasteiger partial charge in [-0.1, -0.05) is 54.1 Å². The van der Waals surface area contributed by atoms with Gasteiger partial charge in [-0.25, -0.2) is 9.59 Å². The molecule has 2 aromatic carbocycles. The summed E-state index contributed by atoms with van der Waals surface area (Å²) in [5.74, 6) is -0.726. The third kappa shape index (κ3) is 2.15. The summed E-state index contributed by atoms with van der Waals surface area (Å²) in [6.07, 6.45) is 0. The van der Waals surface area contributed by atoms with E-state index in [2.05, 4.69) is 0 Å². The van der Waals surface area contributed by atoms with Crippen molar-refractivity contribution in [2.24, 2.45) is 0 Å². The molecule has 0 saturated carbocycles. The van der Waals surface area contributed by atoms with Crippen molar-refractivity contribution in [3.63, 3.8) is 0 Å². The summed E-state index contributed by atoms with van der Waals surface area (Å²) in [5.41, 5.74) is 1.73. The van der Waals surface area contributed by atoms with E-state index in [1.54, 1.807) is 48.5 Å². The molecule has 5 heteroatoms. The molecule has 2 aliphatic rings. The third-order valence-corrected chi connectivity index (χ3v) is 3.91. The number of fused-ring (bicyclic) bond motifs is 1. The van der Waals surface area contributed by atoms with Gasteiger partial charge in [-0.15, -0.1) is 0 Å². The summed E-state index contributed by atoms with van der Waals surface area (Å²) in [6, 6.07) is 15.7. The van der Waals surface area contributed by atoms with Gasteiger partial charge in [0.15, 0.2) is 11.5 Å². The lowest BCUT2D eigenvalue weighted by Gasteiger charge is -2.03. The highest BCUT2D eigenvalue weighted by Crippen LogP contribution is 2.43. The Morgan fingerprint density at radius 3 is 1.65 bits per heavy atom. The SMILES string of the molecule is O=C1OC2=C(c3ccc(Cl)cc3)C(=O)OC2=C1c1ccccc1. The molecule has 0 aromatic heterocycles. The second-order valence-corrected chi connectivity index (χ2v) is 5.50. The number of halogens is 1. The van der Waals surface area contributed by atoms with Gasteiger partial charge in [0.25, 0.3) is 0 Å². The lowest BCUT2D eigenvalue weighted by Crippen LogP contribution is -2.04. The van der Waals surface area contributed by atoms with Crippen LogP contribution >= 0.6 is 11.6 Å². The first-order valence-electron chi connectivity index (χ1n) is 6.90. The maximum absolute atomic E-state index is 12.2. The van der Waals surface area contributed by atoms with Crippen LogP contribution in [0.3, 0.4) is 0 Å². The summed E-state index contributed by atoms with van der Waals surface area (Å²) in [7, 11) is 0. The smallest absolute Gasteiger partial charge is 0.348 e. The first kappa shape index (κ1) is 13.8.